The average Bonchev–Trinajstić information content (AvgIpc) is 2.50. The third-order valence-electron chi connectivity index (χ3n) is 3.02. The first kappa shape index (κ1) is 9.70. The lowest BCUT2D eigenvalue weighted by Gasteiger charge is -2.38. The maximum absolute atomic E-state index is 10.1. The van der Waals surface area contributed by atoms with E-state index in [2.05, 4.69) is 6.07 Å². The molecule has 0 aliphatic heterocycles. The third-order valence-corrected chi connectivity index (χ3v) is 4.08. The molecular formula is C11H13NOS. The molecule has 0 amide bonds. The number of thiophene rings is 1. The van der Waals surface area contributed by atoms with Gasteiger partial charge in [0.2, 0.25) is 0 Å². The minimum Gasteiger partial charge on any atom is -0.386 e. The number of aryl methyl sites for hydroxylation is 1. The summed E-state index contributed by atoms with van der Waals surface area (Å²) in [7, 11) is 0. The number of nitrogens with zero attached hydrogens (tertiary/aromatic N) is 1. The van der Waals surface area contributed by atoms with Gasteiger partial charge in [0.05, 0.1) is 11.5 Å². The number of hydrogen-bond acceptors (Lipinski definition) is 3. The van der Waals surface area contributed by atoms with Crippen LogP contribution in [0.15, 0.2) is 12.1 Å². The first-order chi connectivity index (χ1) is 6.68. The van der Waals surface area contributed by atoms with E-state index in [9.17, 15) is 5.11 Å². The van der Waals surface area contributed by atoms with Gasteiger partial charge in [-0.3, -0.25) is 0 Å². The van der Waals surface area contributed by atoms with Gasteiger partial charge in [-0.05, 0) is 31.9 Å². The van der Waals surface area contributed by atoms with Crippen LogP contribution in [0.1, 0.15) is 35.1 Å². The van der Waals surface area contributed by atoms with Crippen LogP contribution in [0.4, 0.5) is 0 Å². The van der Waals surface area contributed by atoms with Gasteiger partial charge < -0.3 is 5.11 Å². The van der Waals surface area contributed by atoms with Crippen molar-refractivity contribution in [2.75, 3.05) is 0 Å². The second kappa shape index (κ2) is 3.38. The van der Waals surface area contributed by atoms with Gasteiger partial charge in [-0.25, -0.2) is 0 Å². The van der Waals surface area contributed by atoms with Gasteiger partial charge in [-0.15, -0.1) is 11.3 Å². The molecule has 1 aromatic heterocycles. The van der Waals surface area contributed by atoms with Crippen LogP contribution >= 0.6 is 11.3 Å². The summed E-state index contributed by atoms with van der Waals surface area (Å²) in [5, 5.41) is 19.2. The molecule has 1 heterocycles. The third kappa shape index (κ3) is 1.35. The zero-order valence-corrected chi connectivity index (χ0v) is 8.97. The Hall–Kier alpha value is -0.850. The molecule has 0 radical (unpaired) electrons. The van der Waals surface area contributed by atoms with Crippen LogP contribution in [0.2, 0.25) is 0 Å². The van der Waals surface area contributed by atoms with Crippen molar-refractivity contribution >= 4 is 11.3 Å². The molecule has 1 aromatic rings. The van der Waals surface area contributed by atoms with Crippen LogP contribution in [-0.4, -0.2) is 5.11 Å². The fourth-order valence-electron chi connectivity index (χ4n) is 1.88. The Kier molecular flexibility index (Phi) is 2.34. The van der Waals surface area contributed by atoms with E-state index in [0.29, 0.717) is 0 Å². The molecule has 1 saturated carbocycles. The van der Waals surface area contributed by atoms with Crippen LogP contribution in [0, 0.1) is 23.7 Å². The zero-order valence-electron chi connectivity index (χ0n) is 8.16. The highest BCUT2D eigenvalue weighted by Crippen LogP contribution is 2.50. The lowest BCUT2D eigenvalue weighted by Crippen LogP contribution is -2.34. The lowest BCUT2D eigenvalue weighted by molar-refractivity contribution is 0.0104. The van der Waals surface area contributed by atoms with Gasteiger partial charge in [-0.2, -0.15) is 5.26 Å². The van der Waals surface area contributed by atoms with Crippen molar-refractivity contribution in [3.05, 3.63) is 21.9 Å². The highest BCUT2D eigenvalue weighted by Gasteiger charge is 2.45. The van der Waals surface area contributed by atoms with Crippen LogP contribution in [-0.2, 0) is 0 Å². The van der Waals surface area contributed by atoms with Gasteiger partial charge in [0, 0.05) is 9.75 Å². The van der Waals surface area contributed by atoms with Crippen LogP contribution in [0.5, 0.6) is 0 Å². The summed E-state index contributed by atoms with van der Waals surface area (Å²) in [6.07, 6.45) is 2.15. The molecule has 2 nitrogen and oxygen atoms in total. The second-order valence-electron chi connectivity index (χ2n) is 3.97. The van der Waals surface area contributed by atoms with Crippen molar-refractivity contribution in [3.63, 3.8) is 0 Å². The summed E-state index contributed by atoms with van der Waals surface area (Å²) < 4.78 is 0. The van der Waals surface area contributed by atoms with Crippen molar-refractivity contribution in [2.24, 2.45) is 5.41 Å². The SMILES string of the molecule is Cc1ccc(C(O)C2(C#N)CCC2)s1. The standard InChI is InChI=1S/C11H13NOS/c1-8-3-4-9(14-8)10(13)11(7-12)5-2-6-11/h3-4,10,13H,2,5-6H2,1H3. The first-order valence-electron chi connectivity index (χ1n) is 4.84. The van der Waals surface area contributed by atoms with Gasteiger partial charge in [-0.1, -0.05) is 6.42 Å². The van der Waals surface area contributed by atoms with Gasteiger partial charge in [0.25, 0.3) is 0 Å². The Morgan fingerprint density at radius 2 is 2.29 bits per heavy atom. The first-order valence-corrected chi connectivity index (χ1v) is 5.65. The maximum Gasteiger partial charge on any atom is 0.107 e. The molecule has 0 spiro atoms. The van der Waals surface area contributed by atoms with Gasteiger partial charge in [0.1, 0.15) is 6.10 Å². The highest BCUT2D eigenvalue weighted by molar-refractivity contribution is 7.12. The largest absolute Gasteiger partial charge is 0.386 e. The molecule has 0 saturated heterocycles. The summed E-state index contributed by atoms with van der Waals surface area (Å²) >= 11 is 1.59. The quantitative estimate of drug-likeness (QED) is 0.810. The Bertz CT molecular complexity index is 373. The van der Waals surface area contributed by atoms with Crippen LogP contribution in [0.25, 0.3) is 0 Å². The lowest BCUT2D eigenvalue weighted by atomic mass is 9.66. The molecule has 1 N–H and O–H groups in total. The van der Waals surface area contributed by atoms with E-state index in [0.717, 1.165) is 24.1 Å². The van der Waals surface area contributed by atoms with Crippen LogP contribution < -0.4 is 0 Å². The molecule has 1 aliphatic rings. The van der Waals surface area contributed by atoms with Crippen molar-refractivity contribution in [2.45, 2.75) is 32.3 Å². The maximum atomic E-state index is 10.1. The topological polar surface area (TPSA) is 44.0 Å². The monoisotopic (exact) mass is 207 g/mol. The Balaban J connectivity index is 2.23. The molecule has 3 heteroatoms. The van der Waals surface area contributed by atoms with Gasteiger partial charge >= 0.3 is 0 Å². The fourth-order valence-corrected chi connectivity index (χ4v) is 2.86. The van der Waals surface area contributed by atoms with E-state index in [1.165, 1.54) is 4.88 Å². The Morgan fingerprint density at radius 3 is 2.64 bits per heavy atom. The number of rotatable bonds is 2. The molecular weight excluding hydrogens is 194 g/mol. The minimum atomic E-state index is -0.583. The number of nitriles is 1. The molecule has 0 aromatic carbocycles. The summed E-state index contributed by atoms with van der Waals surface area (Å²) in [5.74, 6) is 0. The molecule has 2 rings (SSSR count). The highest BCUT2D eigenvalue weighted by atomic mass is 32.1. The van der Waals surface area contributed by atoms with E-state index < -0.39 is 11.5 Å². The second-order valence-corrected chi connectivity index (χ2v) is 5.29. The van der Waals surface area contributed by atoms with E-state index in [-0.39, 0.29) is 0 Å². The predicted octanol–water partition coefficient (Wildman–Crippen LogP) is 2.78. The molecule has 74 valence electrons. The summed E-state index contributed by atoms with van der Waals surface area (Å²) in [4.78, 5) is 2.12. The molecule has 0 bridgehead atoms. The molecule has 1 fully saturated rings. The van der Waals surface area contributed by atoms with E-state index >= 15 is 0 Å². The zero-order chi connectivity index (χ0) is 10.2. The number of aliphatic hydroxyl groups excluding tert-OH is 1. The number of hydrogen-bond donors (Lipinski definition) is 1. The van der Waals surface area contributed by atoms with Crippen molar-refractivity contribution in [1.29, 1.82) is 5.26 Å². The summed E-state index contributed by atoms with van der Waals surface area (Å²) in [6.45, 7) is 2.01. The van der Waals surface area contributed by atoms with Crippen molar-refractivity contribution < 1.29 is 5.11 Å². The average molecular weight is 207 g/mol. The van der Waals surface area contributed by atoms with E-state index in [4.69, 9.17) is 5.26 Å². The van der Waals surface area contributed by atoms with E-state index in [1.54, 1.807) is 11.3 Å². The molecule has 1 atom stereocenters. The minimum absolute atomic E-state index is 0.489. The predicted molar refractivity (Wildman–Crippen MR) is 55.9 cm³/mol. The Labute approximate surface area is 87.8 Å². The van der Waals surface area contributed by atoms with Crippen molar-refractivity contribution in [3.8, 4) is 6.07 Å². The normalized spacial score (nSPS) is 20.9. The summed E-state index contributed by atoms with van der Waals surface area (Å²) in [5.41, 5.74) is -0.489. The van der Waals surface area contributed by atoms with Gasteiger partial charge in [0.15, 0.2) is 0 Å². The smallest absolute Gasteiger partial charge is 0.107 e. The summed E-state index contributed by atoms with van der Waals surface area (Å²) in [6, 6.07) is 6.20. The van der Waals surface area contributed by atoms with E-state index in [1.807, 2.05) is 19.1 Å². The fraction of sp³-hybridized carbons (Fsp3) is 0.545. The van der Waals surface area contributed by atoms with Crippen molar-refractivity contribution in [1.82, 2.24) is 0 Å². The Morgan fingerprint density at radius 1 is 1.57 bits per heavy atom. The molecule has 1 unspecified atom stereocenters. The molecule has 1 aliphatic carbocycles. The van der Waals surface area contributed by atoms with Crippen LogP contribution in [0.3, 0.4) is 0 Å². The molecule has 14 heavy (non-hydrogen) atoms. The number of aliphatic hydroxyl groups is 1.